The number of carbonyl (C=O) groups excluding carboxylic acids is 1. The third-order valence-corrected chi connectivity index (χ3v) is 6.05. The number of likely N-dealkylation sites (tertiary alicyclic amines) is 1. The molecule has 2 aromatic rings. The van der Waals surface area contributed by atoms with Crippen LogP contribution in [0.4, 0.5) is 0 Å². The molecule has 3 rings (SSSR count). The molecule has 9 heteroatoms. The van der Waals surface area contributed by atoms with Crippen LogP contribution in [0, 0.1) is 13.8 Å². The first kappa shape index (κ1) is 14.9. The van der Waals surface area contributed by atoms with Gasteiger partial charge in [0.2, 0.25) is 5.82 Å². The van der Waals surface area contributed by atoms with E-state index >= 15 is 0 Å². The number of carbonyl (C=O) groups is 1. The van der Waals surface area contributed by atoms with Gasteiger partial charge >= 0.3 is 0 Å². The van der Waals surface area contributed by atoms with Crippen molar-refractivity contribution in [2.75, 3.05) is 18.8 Å². The number of aromatic nitrogens is 4. The van der Waals surface area contributed by atoms with Gasteiger partial charge in [-0.2, -0.15) is 0 Å². The van der Waals surface area contributed by atoms with Gasteiger partial charge in [0.25, 0.3) is 11.7 Å². The lowest BCUT2D eigenvalue weighted by Gasteiger charge is -2.37. The van der Waals surface area contributed by atoms with Crippen LogP contribution in [0.1, 0.15) is 28.9 Å². The van der Waals surface area contributed by atoms with Crippen LogP contribution in [0.25, 0.3) is 5.78 Å². The molecular formula is C13H17N5O3S. The summed E-state index contributed by atoms with van der Waals surface area (Å²) in [6.07, 6.45) is 0. The van der Waals surface area contributed by atoms with Crippen LogP contribution >= 0.6 is 0 Å². The highest BCUT2D eigenvalue weighted by Crippen LogP contribution is 2.20. The third-order valence-electron chi connectivity index (χ3n) is 3.93. The van der Waals surface area contributed by atoms with Gasteiger partial charge in [0, 0.05) is 30.2 Å². The molecule has 0 saturated carbocycles. The van der Waals surface area contributed by atoms with Gasteiger partial charge in [0.1, 0.15) is 0 Å². The predicted octanol–water partition coefficient (Wildman–Crippen LogP) is 0.000240. The first-order chi connectivity index (χ1) is 10.3. The van der Waals surface area contributed by atoms with E-state index in [0.717, 1.165) is 11.4 Å². The molecule has 0 bridgehead atoms. The maximum Gasteiger partial charge on any atom is 0.292 e. The first-order valence-corrected chi connectivity index (χ1v) is 8.75. The SMILES string of the molecule is CCS(=O)(=O)C1CN(C(=O)c2nnc3nc(C)cc(C)n23)C1. The normalized spacial score (nSPS) is 16.0. The monoisotopic (exact) mass is 323 g/mol. The Kier molecular flexibility index (Phi) is 3.39. The fraction of sp³-hybridized carbons (Fsp3) is 0.538. The van der Waals surface area contributed by atoms with Crippen molar-refractivity contribution in [3.63, 3.8) is 0 Å². The lowest BCUT2D eigenvalue weighted by Crippen LogP contribution is -2.57. The number of nitrogens with zero attached hydrogens (tertiary/aromatic N) is 5. The highest BCUT2D eigenvalue weighted by Gasteiger charge is 2.40. The molecule has 118 valence electrons. The van der Waals surface area contributed by atoms with Gasteiger partial charge in [-0.05, 0) is 19.9 Å². The van der Waals surface area contributed by atoms with Crippen molar-refractivity contribution in [2.45, 2.75) is 26.0 Å². The van der Waals surface area contributed by atoms with Crippen LogP contribution in [0.3, 0.4) is 0 Å². The van der Waals surface area contributed by atoms with Crippen LogP contribution < -0.4 is 0 Å². The molecule has 0 N–H and O–H groups in total. The minimum Gasteiger partial charge on any atom is -0.333 e. The quantitative estimate of drug-likeness (QED) is 0.788. The second kappa shape index (κ2) is 5.01. The van der Waals surface area contributed by atoms with Crippen LogP contribution in [-0.4, -0.2) is 62.9 Å². The molecule has 0 aromatic carbocycles. The van der Waals surface area contributed by atoms with Gasteiger partial charge in [-0.15, -0.1) is 10.2 Å². The Morgan fingerprint density at radius 3 is 2.64 bits per heavy atom. The maximum atomic E-state index is 12.5. The average Bonchev–Trinajstić information content (AvgIpc) is 2.80. The molecule has 1 aliphatic rings. The predicted molar refractivity (Wildman–Crippen MR) is 79.4 cm³/mol. The smallest absolute Gasteiger partial charge is 0.292 e. The van der Waals surface area contributed by atoms with E-state index in [1.807, 2.05) is 19.9 Å². The standard InChI is InChI=1S/C13H17N5O3S/c1-4-22(20,21)10-6-17(7-10)12(19)11-15-16-13-14-8(2)5-9(3)18(11)13/h5,10H,4,6-7H2,1-3H3. The summed E-state index contributed by atoms with van der Waals surface area (Å²) < 4.78 is 25.1. The van der Waals surface area contributed by atoms with Crippen molar-refractivity contribution >= 4 is 21.5 Å². The Hall–Kier alpha value is -2.03. The van der Waals surface area contributed by atoms with Gasteiger partial charge < -0.3 is 4.90 Å². The summed E-state index contributed by atoms with van der Waals surface area (Å²) in [5.41, 5.74) is 1.61. The second-order valence-corrected chi connectivity index (χ2v) is 8.05. The molecule has 0 spiro atoms. The maximum absolute atomic E-state index is 12.5. The summed E-state index contributed by atoms with van der Waals surface area (Å²) in [7, 11) is -3.10. The van der Waals surface area contributed by atoms with E-state index in [0.29, 0.717) is 5.78 Å². The molecule has 8 nitrogen and oxygen atoms in total. The molecule has 22 heavy (non-hydrogen) atoms. The molecule has 0 unspecified atom stereocenters. The van der Waals surface area contributed by atoms with E-state index in [2.05, 4.69) is 15.2 Å². The minimum atomic E-state index is -3.10. The lowest BCUT2D eigenvalue weighted by atomic mass is 10.2. The molecule has 3 heterocycles. The van der Waals surface area contributed by atoms with Gasteiger partial charge in [0.05, 0.1) is 5.25 Å². The zero-order valence-corrected chi connectivity index (χ0v) is 13.5. The molecular weight excluding hydrogens is 306 g/mol. The highest BCUT2D eigenvalue weighted by atomic mass is 32.2. The summed E-state index contributed by atoms with van der Waals surface area (Å²) in [4.78, 5) is 18.2. The van der Waals surface area contributed by atoms with Gasteiger partial charge in [-0.1, -0.05) is 6.92 Å². The number of fused-ring (bicyclic) bond motifs is 1. The summed E-state index contributed by atoms with van der Waals surface area (Å²) in [6.45, 7) is 5.73. The number of amides is 1. The zero-order valence-electron chi connectivity index (χ0n) is 12.6. The van der Waals surface area contributed by atoms with Gasteiger partial charge in [-0.3, -0.25) is 9.20 Å². The van der Waals surface area contributed by atoms with E-state index in [4.69, 9.17) is 0 Å². The summed E-state index contributed by atoms with van der Waals surface area (Å²) in [6, 6.07) is 1.84. The second-order valence-electron chi connectivity index (χ2n) is 5.48. The van der Waals surface area contributed by atoms with Crippen LogP contribution in [0.5, 0.6) is 0 Å². The Labute approximate surface area is 128 Å². The number of sulfone groups is 1. The molecule has 1 aliphatic heterocycles. The fourth-order valence-corrected chi connectivity index (χ4v) is 3.86. The summed E-state index contributed by atoms with van der Waals surface area (Å²) >= 11 is 0. The first-order valence-electron chi connectivity index (χ1n) is 7.03. The summed E-state index contributed by atoms with van der Waals surface area (Å²) in [5, 5.41) is 7.37. The van der Waals surface area contributed by atoms with Crippen LogP contribution in [0.2, 0.25) is 0 Å². The summed E-state index contributed by atoms with van der Waals surface area (Å²) in [5.74, 6) is 0.325. The average molecular weight is 323 g/mol. The zero-order chi connectivity index (χ0) is 16.1. The topological polar surface area (TPSA) is 97.5 Å². The highest BCUT2D eigenvalue weighted by molar-refractivity contribution is 7.92. The molecule has 0 aliphatic carbocycles. The Morgan fingerprint density at radius 2 is 2.00 bits per heavy atom. The van der Waals surface area contributed by atoms with Crippen molar-refractivity contribution in [3.8, 4) is 0 Å². The molecule has 1 fully saturated rings. The van der Waals surface area contributed by atoms with Crippen molar-refractivity contribution in [2.24, 2.45) is 0 Å². The van der Waals surface area contributed by atoms with E-state index < -0.39 is 15.1 Å². The lowest BCUT2D eigenvalue weighted by molar-refractivity contribution is 0.0644. The van der Waals surface area contributed by atoms with Crippen LogP contribution in [-0.2, 0) is 9.84 Å². The van der Waals surface area contributed by atoms with Crippen molar-refractivity contribution in [1.29, 1.82) is 0 Å². The molecule has 0 atom stereocenters. The fourth-order valence-electron chi connectivity index (χ4n) is 2.58. The number of rotatable bonds is 3. The Morgan fingerprint density at radius 1 is 1.32 bits per heavy atom. The van der Waals surface area contributed by atoms with E-state index in [-0.39, 0.29) is 30.6 Å². The van der Waals surface area contributed by atoms with Gasteiger partial charge in [0.15, 0.2) is 9.84 Å². The molecule has 1 saturated heterocycles. The Bertz CT molecular complexity index is 852. The van der Waals surface area contributed by atoms with Crippen molar-refractivity contribution < 1.29 is 13.2 Å². The number of hydrogen-bond acceptors (Lipinski definition) is 6. The largest absolute Gasteiger partial charge is 0.333 e. The van der Waals surface area contributed by atoms with Crippen LogP contribution in [0.15, 0.2) is 6.07 Å². The van der Waals surface area contributed by atoms with E-state index in [1.54, 1.807) is 11.3 Å². The van der Waals surface area contributed by atoms with Gasteiger partial charge in [-0.25, -0.2) is 13.4 Å². The number of aryl methyl sites for hydroxylation is 2. The molecule has 1 amide bonds. The Balaban J connectivity index is 1.86. The van der Waals surface area contributed by atoms with Crippen molar-refractivity contribution in [1.82, 2.24) is 24.5 Å². The molecule has 2 aromatic heterocycles. The van der Waals surface area contributed by atoms with E-state index in [1.165, 1.54) is 4.90 Å². The number of hydrogen-bond donors (Lipinski definition) is 0. The van der Waals surface area contributed by atoms with Crippen molar-refractivity contribution in [3.05, 3.63) is 23.3 Å². The molecule has 0 radical (unpaired) electrons. The third kappa shape index (κ3) is 2.25. The van der Waals surface area contributed by atoms with E-state index in [9.17, 15) is 13.2 Å². The minimum absolute atomic E-state index is 0.0931.